The number of fused-ring (bicyclic) bond motifs is 1. The predicted octanol–water partition coefficient (Wildman–Crippen LogP) is 4.35. The first-order valence-electron chi connectivity index (χ1n) is 13.6. The summed E-state index contributed by atoms with van der Waals surface area (Å²) in [6.45, 7) is 8.16. The van der Waals surface area contributed by atoms with Crippen LogP contribution in [-0.2, 0) is 29.1 Å². The molecule has 0 radical (unpaired) electrons. The molecule has 1 aromatic carbocycles. The Labute approximate surface area is 234 Å². The summed E-state index contributed by atoms with van der Waals surface area (Å²) < 4.78 is 39.3. The molecule has 1 saturated carbocycles. The molecule has 2 fully saturated rings. The van der Waals surface area contributed by atoms with Gasteiger partial charge in [0.15, 0.2) is 5.65 Å². The standard InChI is InChI=1S/C29H36N4O6S/c1-19-6-10-21(11-7-19)40(36,37)33-17-22(20-8-9-20)24-25(30-18-31-26(24)33)32-14-12-29(13-15-32,27(35)38-5)16-23(34)39-28(2,3)4/h6-7,10-11,17-18,20H,8-9,12-16H2,1-5H3. The zero-order valence-electron chi connectivity index (χ0n) is 23.6. The molecular weight excluding hydrogens is 532 g/mol. The molecule has 10 nitrogen and oxygen atoms in total. The summed E-state index contributed by atoms with van der Waals surface area (Å²) in [5, 5.41) is 0.721. The second-order valence-electron chi connectivity index (χ2n) is 11.9. The second kappa shape index (κ2) is 10.2. The molecule has 11 heteroatoms. The molecule has 0 atom stereocenters. The van der Waals surface area contributed by atoms with Crippen LogP contribution in [0.4, 0.5) is 5.82 Å². The number of carbonyl (C=O) groups is 2. The molecule has 3 aromatic rings. The van der Waals surface area contributed by atoms with Gasteiger partial charge in [0.05, 0.1) is 29.2 Å². The highest BCUT2D eigenvalue weighted by Gasteiger charge is 2.46. The van der Waals surface area contributed by atoms with E-state index >= 15 is 0 Å². The number of esters is 2. The van der Waals surface area contributed by atoms with Gasteiger partial charge in [-0.05, 0) is 77.0 Å². The van der Waals surface area contributed by atoms with Gasteiger partial charge in [-0.15, -0.1) is 0 Å². The van der Waals surface area contributed by atoms with E-state index in [1.807, 2.05) is 6.92 Å². The van der Waals surface area contributed by atoms with Gasteiger partial charge in [-0.1, -0.05) is 17.7 Å². The molecule has 1 aliphatic heterocycles. The third kappa shape index (κ3) is 5.31. The summed E-state index contributed by atoms with van der Waals surface area (Å²) >= 11 is 0. The number of anilines is 1. The Morgan fingerprint density at radius 1 is 1.07 bits per heavy atom. The first-order chi connectivity index (χ1) is 18.8. The lowest BCUT2D eigenvalue weighted by Gasteiger charge is -2.40. The molecule has 0 unspecified atom stereocenters. The van der Waals surface area contributed by atoms with Crippen LogP contribution in [0.15, 0.2) is 41.7 Å². The van der Waals surface area contributed by atoms with Crippen molar-refractivity contribution < 1.29 is 27.5 Å². The molecule has 2 aliphatic rings. The summed E-state index contributed by atoms with van der Waals surface area (Å²) in [6.07, 6.45) is 5.69. The van der Waals surface area contributed by atoms with Crippen LogP contribution in [0.5, 0.6) is 0 Å². The summed E-state index contributed by atoms with van der Waals surface area (Å²) in [6, 6.07) is 6.77. The fourth-order valence-electron chi connectivity index (χ4n) is 5.47. The zero-order chi connectivity index (χ0) is 28.9. The highest BCUT2D eigenvalue weighted by molar-refractivity contribution is 7.90. The van der Waals surface area contributed by atoms with Crippen molar-refractivity contribution in [2.24, 2.45) is 5.41 Å². The van der Waals surface area contributed by atoms with Crippen molar-refractivity contribution in [1.82, 2.24) is 13.9 Å². The number of nitrogens with zero attached hydrogens (tertiary/aromatic N) is 4. The number of rotatable bonds is 7. The average Bonchev–Trinajstić information content (AvgIpc) is 3.66. The van der Waals surface area contributed by atoms with Crippen LogP contribution in [0, 0.1) is 12.3 Å². The maximum atomic E-state index is 13.7. The Morgan fingerprint density at radius 3 is 2.30 bits per heavy atom. The Balaban J connectivity index is 1.49. The smallest absolute Gasteiger partial charge is 0.312 e. The van der Waals surface area contributed by atoms with Crippen LogP contribution >= 0.6 is 0 Å². The molecule has 2 aromatic heterocycles. The molecule has 5 rings (SSSR count). The van der Waals surface area contributed by atoms with Crippen molar-refractivity contribution in [3.63, 3.8) is 0 Å². The number of hydrogen-bond acceptors (Lipinski definition) is 9. The lowest BCUT2D eigenvalue weighted by Crippen LogP contribution is -2.47. The van der Waals surface area contributed by atoms with E-state index in [9.17, 15) is 18.0 Å². The van der Waals surface area contributed by atoms with Crippen LogP contribution in [0.3, 0.4) is 0 Å². The van der Waals surface area contributed by atoms with Gasteiger partial charge in [0.2, 0.25) is 0 Å². The fourth-order valence-corrected chi connectivity index (χ4v) is 6.79. The third-order valence-electron chi connectivity index (χ3n) is 7.70. The minimum absolute atomic E-state index is 0.0670. The molecule has 0 spiro atoms. The topological polar surface area (TPSA) is 121 Å². The van der Waals surface area contributed by atoms with E-state index in [4.69, 9.17) is 9.47 Å². The summed E-state index contributed by atoms with van der Waals surface area (Å²) in [5.74, 6) is 0.0124. The number of aromatic nitrogens is 3. The lowest BCUT2D eigenvalue weighted by atomic mass is 9.75. The van der Waals surface area contributed by atoms with Gasteiger partial charge in [-0.3, -0.25) is 9.59 Å². The van der Waals surface area contributed by atoms with Crippen LogP contribution in [0.2, 0.25) is 0 Å². The molecule has 0 bridgehead atoms. The van der Waals surface area contributed by atoms with Gasteiger partial charge in [0.1, 0.15) is 17.7 Å². The number of aryl methyl sites for hydroxylation is 1. The minimum Gasteiger partial charge on any atom is -0.469 e. The predicted molar refractivity (Wildman–Crippen MR) is 150 cm³/mol. The van der Waals surface area contributed by atoms with E-state index in [0.29, 0.717) is 37.4 Å². The van der Waals surface area contributed by atoms with Crippen molar-refractivity contribution in [2.45, 2.75) is 76.2 Å². The van der Waals surface area contributed by atoms with E-state index in [2.05, 4.69) is 14.9 Å². The van der Waals surface area contributed by atoms with Crippen molar-refractivity contribution in [1.29, 1.82) is 0 Å². The van der Waals surface area contributed by atoms with Crippen LogP contribution < -0.4 is 4.90 Å². The van der Waals surface area contributed by atoms with Crippen LogP contribution in [0.1, 0.15) is 69.9 Å². The Morgan fingerprint density at radius 2 is 1.73 bits per heavy atom. The first kappa shape index (κ1) is 28.1. The van der Waals surface area contributed by atoms with Gasteiger partial charge in [0, 0.05) is 19.3 Å². The summed E-state index contributed by atoms with van der Waals surface area (Å²) in [5.41, 5.74) is 0.567. The van der Waals surface area contributed by atoms with Gasteiger partial charge >= 0.3 is 11.9 Å². The summed E-state index contributed by atoms with van der Waals surface area (Å²) in [7, 11) is -2.55. The molecular formula is C29H36N4O6S. The van der Waals surface area contributed by atoms with Gasteiger partial charge in [-0.2, -0.15) is 0 Å². The number of hydrogen-bond donors (Lipinski definition) is 0. The molecule has 0 N–H and O–H groups in total. The van der Waals surface area contributed by atoms with Crippen LogP contribution in [-0.4, -0.2) is 60.1 Å². The number of piperidine rings is 1. The van der Waals surface area contributed by atoms with E-state index in [1.54, 1.807) is 51.2 Å². The Hall–Kier alpha value is -3.47. The average molecular weight is 569 g/mol. The quantitative estimate of drug-likeness (QED) is 0.383. The molecule has 1 aliphatic carbocycles. The van der Waals surface area contributed by atoms with Crippen molar-refractivity contribution >= 4 is 38.8 Å². The Kier molecular flexibility index (Phi) is 7.14. The van der Waals surface area contributed by atoms with E-state index in [1.165, 1.54) is 17.4 Å². The Bertz CT molecular complexity index is 1540. The highest BCUT2D eigenvalue weighted by atomic mass is 32.2. The number of methoxy groups -OCH3 is 1. The van der Waals surface area contributed by atoms with Gasteiger partial charge in [-0.25, -0.2) is 22.4 Å². The largest absolute Gasteiger partial charge is 0.469 e. The third-order valence-corrected chi connectivity index (χ3v) is 9.36. The summed E-state index contributed by atoms with van der Waals surface area (Å²) in [4.78, 5) is 36.9. The van der Waals surface area contributed by atoms with E-state index < -0.39 is 33.0 Å². The maximum absolute atomic E-state index is 13.7. The number of benzene rings is 1. The fraction of sp³-hybridized carbons (Fsp3) is 0.517. The maximum Gasteiger partial charge on any atom is 0.312 e. The van der Waals surface area contributed by atoms with Gasteiger partial charge in [0.25, 0.3) is 10.0 Å². The number of carbonyl (C=O) groups excluding carboxylic acids is 2. The van der Waals surface area contributed by atoms with Crippen LogP contribution in [0.25, 0.3) is 11.0 Å². The minimum atomic E-state index is -3.88. The van der Waals surface area contributed by atoms with Gasteiger partial charge < -0.3 is 14.4 Å². The number of ether oxygens (including phenoxy) is 2. The second-order valence-corrected chi connectivity index (χ2v) is 13.7. The normalized spacial score (nSPS) is 17.6. The van der Waals surface area contributed by atoms with Crippen molar-refractivity contribution in [2.75, 3.05) is 25.1 Å². The molecule has 3 heterocycles. The molecule has 0 amide bonds. The highest BCUT2D eigenvalue weighted by Crippen LogP contribution is 2.47. The zero-order valence-corrected chi connectivity index (χ0v) is 24.5. The molecule has 40 heavy (non-hydrogen) atoms. The molecule has 214 valence electrons. The van der Waals surface area contributed by atoms with E-state index in [-0.39, 0.29) is 17.2 Å². The van der Waals surface area contributed by atoms with Crippen molar-refractivity contribution in [3.8, 4) is 0 Å². The molecule has 1 saturated heterocycles. The van der Waals surface area contributed by atoms with E-state index in [0.717, 1.165) is 29.4 Å². The van der Waals surface area contributed by atoms with Crippen molar-refractivity contribution in [3.05, 3.63) is 47.9 Å². The monoisotopic (exact) mass is 568 g/mol. The SMILES string of the molecule is COC(=O)C1(CC(=O)OC(C)(C)C)CCN(c2ncnc3c2c(C2CC2)cn3S(=O)(=O)c2ccc(C)cc2)CC1. The lowest BCUT2D eigenvalue weighted by molar-refractivity contribution is -0.167. The first-order valence-corrected chi connectivity index (χ1v) is 15.0.